The number of hydrogen-bond donors (Lipinski definition) is 1. The second-order valence-electron chi connectivity index (χ2n) is 4.29. The first-order valence-electron chi connectivity index (χ1n) is 5.21. The minimum atomic E-state index is -0.0219. The maximum atomic E-state index is 11.0. The van der Waals surface area contributed by atoms with Crippen LogP contribution in [0.15, 0.2) is 12.7 Å². The molecule has 2 nitrogen and oxygen atoms in total. The Labute approximate surface area is 79.4 Å². The van der Waals surface area contributed by atoms with Crippen molar-refractivity contribution in [2.75, 3.05) is 6.54 Å². The van der Waals surface area contributed by atoms with E-state index in [1.54, 1.807) is 0 Å². The van der Waals surface area contributed by atoms with E-state index < -0.39 is 0 Å². The molecule has 0 bridgehead atoms. The topological polar surface area (TPSA) is 29.1 Å². The molecule has 2 saturated carbocycles. The Morgan fingerprint density at radius 3 is 2.31 bits per heavy atom. The molecule has 13 heavy (non-hydrogen) atoms. The molecule has 2 rings (SSSR count). The van der Waals surface area contributed by atoms with Crippen molar-refractivity contribution in [3.63, 3.8) is 0 Å². The maximum Gasteiger partial charge on any atom is 0.243 e. The van der Waals surface area contributed by atoms with Gasteiger partial charge in [-0.25, -0.2) is 0 Å². The molecule has 2 fully saturated rings. The summed E-state index contributed by atoms with van der Waals surface area (Å²) in [5.41, 5.74) is 0. The van der Waals surface area contributed by atoms with E-state index >= 15 is 0 Å². The van der Waals surface area contributed by atoms with Gasteiger partial charge in [-0.2, -0.15) is 0 Å². The standard InChI is InChI=1S/C11H17NO/c1-2-11(13)12-7-10(8-3-4-8)9-5-6-9/h2,8-10H,1,3-7H2,(H,12,13). The predicted octanol–water partition coefficient (Wildman–Crippen LogP) is 1.72. The lowest BCUT2D eigenvalue weighted by molar-refractivity contribution is -0.116. The molecular weight excluding hydrogens is 162 g/mol. The summed E-state index contributed by atoms with van der Waals surface area (Å²) in [4.78, 5) is 11.0. The molecule has 0 aromatic heterocycles. The van der Waals surface area contributed by atoms with E-state index in [2.05, 4.69) is 11.9 Å². The van der Waals surface area contributed by atoms with Gasteiger partial charge >= 0.3 is 0 Å². The number of hydrogen-bond acceptors (Lipinski definition) is 1. The van der Waals surface area contributed by atoms with Crippen molar-refractivity contribution < 1.29 is 4.79 Å². The van der Waals surface area contributed by atoms with E-state index in [1.807, 2.05) is 0 Å². The smallest absolute Gasteiger partial charge is 0.243 e. The minimum Gasteiger partial charge on any atom is -0.352 e. The molecule has 0 radical (unpaired) electrons. The zero-order valence-electron chi connectivity index (χ0n) is 7.96. The second-order valence-corrected chi connectivity index (χ2v) is 4.29. The van der Waals surface area contributed by atoms with Gasteiger partial charge < -0.3 is 5.32 Å². The average molecular weight is 179 g/mol. The van der Waals surface area contributed by atoms with Gasteiger partial charge in [0.1, 0.15) is 0 Å². The van der Waals surface area contributed by atoms with E-state index in [0.29, 0.717) is 0 Å². The summed E-state index contributed by atoms with van der Waals surface area (Å²) in [7, 11) is 0. The molecule has 2 aliphatic rings. The molecule has 0 aliphatic heterocycles. The summed E-state index contributed by atoms with van der Waals surface area (Å²) in [6, 6.07) is 0. The maximum absolute atomic E-state index is 11.0. The molecule has 2 heteroatoms. The van der Waals surface area contributed by atoms with Crippen molar-refractivity contribution in [3.8, 4) is 0 Å². The van der Waals surface area contributed by atoms with E-state index in [4.69, 9.17) is 0 Å². The fourth-order valence-electron chi connectivity index (χ4n) is 2.06. The van der Waals surface area contributed by atoms with Crippen LogP contribution in [0.4, 0.5) is 0 Å². The van der Waals surface area contributed by atoms with Gasteiger partial charge in [0.15, 0.2) is 0 Å². The lowest BCUT2D eigenvalue weighted by Gasteiger charge is -2.15. The minimum absolute atomic E-state index is 0.0219. The van der Waals surface area contributed by atoms with E-state index in [1.165, 1.54) is 31.8 Å². The Balaban J connectivity index is 1.76. The Hall–Kier alpha value is -0.790. The molecule has 0 spiro atoms. The third kappa shape index (κ3) is 2.33. The first-order chi connectivity index (χ1) is 6.31. The zero-order chi connectivity index (χ0) is 9.26. The van der Waals surface area contributed by atoms with Crippen molar-refractivity contribution in [3.05, 3.63) is 12.7 Å². The van der Waals surface area contributed by atoms with E-state index in [-0.39, 0.29) is 5.91 Å². The Kier molecular flexibility index (Phi) is 2.38. The van der Waals surface area contributed by atoms with Crippen molar-refractivity contribution in [2.24, 2.45) is 17.8 Å². The van der Waals surface area contributed by atoms with E-state index in [9.17, 15) is 4.79 Å². The molecule has 72 valence electrons. The molecule has 0 heterocycles. The van der Waals surface area contributed by atoms with Crippen molar-refractivity contribution in [1.29, 1.82) is 0 Å². The molecule has 0 aromatic carbocycles. The molecule has 1 N–H and O–H groups in total. The first kappa shape index (κ1) is 8.79. The summed E-state index contributed by atoms with van der Waals surface area (Å²) < 4.78 is 0. The molecule has 0 saturated heterocycles. The molecular formula is C11H17NO. The third-order valence-electron chi connectivity index (χ3n) is 3.15. The summed E-state index contributed by atoms with van der Waals surface area (Å²) in [6.07, 6.45) is 6.88. The van der Waals surface area contributed by atoms with Gasteiger partial charge in [0.05, 0.1) is 0 Å². The van der Waals surface area contributed by atoms with E-state index in [0.717, 1.165) is 24.3 Å². The van der Waals surface area contributed by atoms with Gasteiger partial charge in [0.25, 0.3) is 0 Å². The monoisotopic (exact) mass is 179 g/mol. The Bertz CT molecular complexity index is 204. The van der Waals surface area contributed by atoms with Crippen LogP contribution < -0.4 is 5.32 Å². The molecule has 0 atom stereocenters. The van der Waals surface area contributed by atoms with Crippen LogP contribution in [-0.4, -0.2) is 12.5 Å². The molecule has 1 amide bonds. The highest BCUT2D eigenvalue weighted by Gasteiger charge is 2.41. The van der Waals surface area contributed by atoms with Gasteiger partial charge in [-0.1, -0.05) is 6.58 Å². The predicted molar refractivity (Wildman–Crippen MR) is 52.1 cm³/mol. The van der Waals surface area contributed by atoms with Crippen LogP contribution in [0.2, 0.25) is 0 Å². The lowest BCUT2D eigenvalue weighted by atomic mass is 9.98. The summed E-state index contributed by atoms with van der Waals surface area (Å²) in [5.74, 6) is 2.57. The fraction of sp³-hybridized carbons (Fsp3) is 0.727. The second kappa shape index (κ2) is 3.52. The van der Waals surface area contributed by atoms with Crippen LogP contribution in [-0.2, 0) is 4.79 Å². The average Bonchev–Trinajstić information content (AvgIpc) is 2.98. The number of amides is 1. The van der Waals surface area contributed by atoms with Crippen molar-refractivity contribution in [1.82, 2.24) is 5.32 Å². The highest BCUT2D eigenvalue weighted by molar-refractivity contribution is 5.86. The lowest BCUT2D eigenvalue weighted by Crippen LogP contribution is -2.29. The van der Waals surface area contributed by atoms with Gasteiger partial charge in [0, 0.05) is 6.54 Å². The van der Waals surface area contributed by atoms with Crippen LogP contribution in [0.5, 0.6) is 0 Å². The van der Waals surface area contributed by atoms with Crippen molar-refractivity contribution in [2.45, 2.75) is 25.7 Å². The van der Waals surface area contributed by atoms with Gasteiger partial charge in [-0.15, -0.1) is 0 Å². The van der Waals surface area contributed by atoms with Gasteiger partial charge in [-0.05, 0) is 49.5 Å². The molecule has 2 aliphatic carbocycles. The van der Waals surface area contributed by atoms with Gasteiger partial charge in [0.2, 0.25) is 5.91 Å². The Morgan fingerprint density at radius 1 is 1.38 bits per heavy atom. The number of carbonyl (C=O) groups is 1. The van der Waals surface area contributed by atoms with Crippen LogP contribution in [0.25, 0.3) is 0 Å². The first-order valence-corrected chi connectivity index (χ1v) is 5.21. The zero-order valence-corrected chi connectivity index (χ0v) is 7.96. The molecule has 0 unspecified atom stereocenters. The van der Waals surface area contributed by atoms with Crippen LogP contribution in [0.3, 0.4) is 0 Å². The summed E-state index contributed by atoms with van der Waals surface area (Å²) in [5, 5.41) is 2.92. The molecule has 0 aromatic rings. The number of carbonyl (C=O) groups excluding carboxylic acids is 1. The highest BCUT2D eigenvalue weighted by Crippen LogP contribution is 2.48. The summed E-state index contributed by atoms with van der Waals surface area (Å²) in [6.45, 7) is 4.32. The van der Waals surface area contributed by atoms with Crippen LogP contribution in [0, 0.1) is 17.8 Å². The highest BCUT2D eigenvalue weighted by atomic mass is 16.1. The Morgan fingerprint density at radius 2 is 1.92 bits per heavy atom. The van der Waals surface area contributed by atoms with Crippen molar-refractivity contribution >= 4 is 5.91 Å². The quantitative estimate of drug-likeness (QED) is 0.640. The fourth-order valence-corrected chi connectivity index (χ4v) is 2.06. The largest absolute Gasteiger partial charge is 0.352 e. The normalized spacial score (nSPS) is 21.6. The third-order valence-corrected chi connectivity index (χ3v) is 3.15. The number of rotatable bonds is 5. The summed E-state index contributed by atoms with van der Waals surface area (Å²) >= 11 is 0. The van der Waals surface area contributed by atoms with Crippen LogP contribution in [0.1, 0.15) is 25.7 Å². The van der Waals surface area contributed by atoms with Crippen LogP contribution >= 0.6 is 0 Å². The number of nitrogens with one attached hydrogen (secondary N) is 1. The van der Waals surface area contributed by atoms with Gasteiger partial charge in [-0.3, -0.25) is 4.79 Å². The SMILES string of the molecule is C=CC(=O)NCC(C1CC1)C1CC1.